The highest BCUT2D eigenvalue weighted by molar-refractivity contribution is 6.07. The predicted octanol–water partition coefficient (Wildman–Crippen LogP) is 5.55. The molecule has 0 saturated carbocycles. The van der Waals surface area contributed by atoms with Crippen molar-refractivity contribution in [2.45, 2.75) is 58.4 Å². The number of carboxylic acids is 1. The minimum absolute atomic E-state index is 0.209. The van der Waals surface area contributed by atoms with Crippen molar-refractivity contribution in [1.29, 1.82) is 0 Å². The van der Waals surface area contributed by atoms with E-state index in [0.717, 1.165) is 53.9 Å². The minimum Gasteiger partial charge on any atom is -0.478 e. The minimum atomic E-state index is -0.946. The number of carboxylic acid groups (broad SMARTS) is 1. The van der Waals surface area contributed by atoms with E-state index in [9.17, 15) is 19.5 Å². The molecule has 7 heteroatoms. The van der Waals surface area contributed by atoms with Crippen LogP contribution in [0.2, 0.25) is 0 Å². The summed E-state index contributed by atoms with van der Waals surface area (Å²) in [6, 6.07) is 15.0. The number of aliphatic imine (C=N–C) groups is 1. The van der Waals surface area contributed by atoms with Gasteiger partial charge in [-0.05, 0) is 47.8 Å². The number of hydrogen-bond donors (Lipinski definition) is 1. The number of allylic oxidation sites excluding steroid dienone is 1. The van der Waals surface area contributed by atoms with Crippen molar-refractivity contribution in [2.75, 3.05) is 0 Å². The molecule has 1 aliphatic carbocycles. The topological polar surface area (TPSA) is 102 Å². The fourth-order valence-electron chi connectivity index (χ4n) is 4.52. The Balaban J connectivity index is 1.59. The molecule has 1 aromatic heterocycles. The standard InChI is InChI=1S/C30H31N3O4/c1-2-3-10-28-32-26-17-16-23(31-29(35)11-6-7-18-34)19-27(26)33(28)20-21-12-14-22(15-13-21)24-8-4-5-9-25(24)30(36)37/h4-5,8-9,12-18H,2-3,6-7,10-11,19-20H2,1H3,(H,36,37). The van der Waals surface area contributed by atoms with Gasteiger partial charge in [0.05, 0.1) is 22.7 Å². The Morgan fingerprint density at radius 2 is 1.86 bits per heavy atom. The maximum Gasteiger partial charge on any atom is 0.336 e. The third-order valence-corrected chi connectivity index (χ3v) is 6.46. The first-order chi connectivity index (χ1) is 18.0. The number of aromatic nitrogens is 2. The Hall–Kier alpha value is -4.13. The molecule has 0 atom stereocenters. The van der Waals surface area contributed by atoms with E-state index in [-0.39, 0.29) is 17.9 Å². The van der Waals surface area contributed by atoms with Crippen molar-refractivity contribution < 1.29 is 19.5 Å². The van der Waals surface area contributed by atoms with Gasteiger partial charge in [-0.25, -0.2) is 14.8 Å². The Morgan fingerprint density at radius 1 is 1.08 bits per heavy atom. The molecule has 1 N–H and O–H groups in total. The molecule has 0 aliphatic heterocycles. The van der Waals surface area contributed by atoms with Gasteiger partial charge in [-0.1, -0.05) is 55.8 Å². The van der Waals surface area contributed by atoms with Crippen molar-refractivity contribution in [3.63, 3.8) is 0 Å². The fourth-order valence-corrected chi connectivity index (χ4v) is 4.52. The molecular formula is C30H31N3O4. The van der Waals surface area contributed by atoms with Gasteiger partial charge in [0.2, 0.25) is 5.91 Å². The van der Waals surface area contributed by atoms with Gasteiger partial charge in [0, 0.05) is 32.2 Å². The summed E-state index contributed by atoms with van der Waals surface area (Å²) < 4.78 is 2.22. The number of aromatic carboxylic acids is 1. The summed E-state index contributed by atoms with van der Waals surface area (Å²) in [6.07, 6.45) is 9.22. The first kappa shape index (κ1) is 25.9. The second-order valence-corrected chi connectivity index (χ2v) is 9.16. The van der Waals surface area contributed by atoms with Gasteiger partial charge in [0.15, 0.2) is 0 Å². The lowest BCUT2D eigenvalue weighted by atomic mass is 9.98. The van der Waals surface area contributed by atoms with Crippen LogP contribution < -0.4 is 0 Å². The normalized spacial score (nSPS) is 13.5. The molecule has 0 saturated heterocycles. The van der Waals surface area contributed by atoms with Crippen LogP contribution in [0.15, 0.2) is 59.6 Å². The van der Waals surface area contributed by atoms with E-state index in [2.05, 4.69) is 16.5 Å². The molecule has 1 amide bonds. The SMILES string of the molecule is CCCCc1nc2c(n1Cc1ccc(-c3ccccc3C(=O)O)cc1)CC(=NC(=O)CCCC=O)C=C2. The van der Waals surface area contributed by atoms with Gasteiger partial charge in [0.1, 0.15) is 12.1 Å². The van der Waals surface area contributed by atoms with Crippen LogP contribution in [0, 0.1) is 0 Å². The summed E-state index contributed by atoms with van der Waals surface area (Å²) in [5.74, 6) is -0.146. The van der Waals surface area contributed by atoms with Crippen molar-refractivity contribution in [1.82, 2.24) is 9.55 Å². The monoisotopic (exact) mass is 497 g/mol. The number of fused-ring (bicyclic) bond motifs is 1. The third kappa shape index (κ3) is 6.36. The van der Waals surface area contributed by atoms with Crippen LogP contribution in [0.1, 0.15) is 72.2 Å². The smallest absolute Gasteiger partial charge is 0.336 e. The average molecular weight is 498 g/mol. The highest BCUT2D eigenvalue weighted by atomic mass is 16.4. The number of imidazole rings is 1. The van der Waals surface area contributed by atoms with E-state index in [0.29, 0.717) is 37.1 Å². The fraction of sp³-hybridized carbons (Fsp3) is 0.300. The van der Waals surface area contributed by atoms with Crippen LogP contribution in [0.25, 0.3) is 17.2 Å². The lowest BCUT2D eigenvalue weighted by molar-refractivity contribution is -0.117. The Kier molecular flexibility index (Phi) is 8.56. The van der Waals surface area contributed by atoms with Gasteiger partial charge in [0.25, 0.3) is 0 Å². The van der Waals surface area contributed by atoms with E-state index >= 15 is 0 Å². The highest BCUT2D eigenvalue weighted by Gasteiger charge is 2.21. The summed E-state index contributed by atoms with van der Waals surface area (Å²) in [6.45, 7) is 2.78. The van der Waals surface area contributed by atoms with Crippen LogP contribution in [-0.2, 0) is 29.0 Å². The highest BCUT2D eigenvalue weighted by Crippen LogP contribution is 2.26. The maximum absolute atomic E-state index is 12.2. The molecule has 0 fully saturated rings. The zero-order valence-electron chi connectivity index (χ0n) is 21.0. The summed E-state index contributed by atoms with van der Waals surface area (Å²) in [7, 11) is 0. The van der Waals surface area contributed by atoms with Crippen LogP contribution in [0.4, 0.5) is 0 Å². The summed E-state index contributed by atoms with van der Waals surface area (Å²) in [5, 5.41) is 9.54. The van der Waals surface area contributed by atoms with Crippen LogP contribution in [-0.4, -0.2) is 38.5 Å². The molecular weight excluding hydrogens is 466 g/mol. The number of benzene rings is 2. The van der Waals surface area contributed by atoms with E-state index in [4.69, 9.17) is 4.98 Å². The number of carbonyl (C=O) groups is 3. The van der Waals surface area contributed by atoms with E-state index < -0.39 is 5.97 Å². The molecule has 3 aromatic rings. The zero-order valence-corrected chi connectivity index (χ0v) is 21.0. The molecule has 1 heterocycles. The maximum atomic E-state index is 12.2. The number of nitrogens with zero attached hydrogens (tertiary/aromatic N) is 3. The Bertz CT molecular complexity index is 1350. The van der Waals surface area contributed by atoms with Gasteiger partial charge >= 0.3 is 5.97 Å². The summed E-state index contributed by atoms with van der Waals surface area (Å²) >= 11 is 0. The Morgan fingerprint density at radius 3 is 2.59 bits per heavy atom. The molecule has 0 radical (unpaired) electrons. The molecule has 2 aromatic carbocycles. The number of hydrogen-bond acceptors (Lipinski definition) is 4. The largest absolute Gasteiger partial charge is 0.478 e. The van der Waals surface area contributed by atoms with Crippen LogP contribution in [0.3, 0.4) is 0 Å². The molecule has 0 spiro atoms. The molecule has 1 aliphatic rings. The summed E-state index contributed by atoms with van der Waals surface area (Å²) in [5.41, 5.74) is 5.54. The van der Waals surface area contributed by atoms with Gasteiger partial charge < -0.3 is 14.5 Å². The van der Waals surface area contributed by atoms with Crippen molar-refractivity contribution in [3.05, 3.63) is 82.9 Å². The van der Waals surface area contributed by atoms with Crippen LogP contribution >= 0.6 is 0 Å². The molecule has 0 unspecified atom stereocenters. The van der Waals surface area contributed by atoms with Gasteiger partial charge in [-0.2, -0.15) is 0 Å². The van der Waals surface area contributed by atoms with E-state index in [1.165, 1.54) is 0 Å². The van der Waals surface area contributed by atoms with E-state index in [1.807, 2.05) is 48.6 Å². The third-order valence-electron chi connectivity index (χ3n) is 6.46. The lowest BCUT2D eigenvalue weighted by Crippen LogP contribution is -2.15. The first-order valence-corrected chi connectivity index (χ1v) is 12.7. The van der Waals surface area contributed by atoms with E-state index in [1.54, 1.807) is 12.1 Å². The van der Waals surface area contributed by atoms with Crippen molar-refractivity contribution in [2.24, 2.45) is 4.99 Å². The van der Waals surface area contributed by atoms with Crippen molar-refractivity contribution in [3.8, 4) is 11.1 Å². The van der Waals surface area contributed by atoms with Gasteiger partial charge in [-0.15, -0.1) is 0 Å². The number of aryl methyl sites for hydroxylation is 1. The second kappa shape index (κ2) is 12.2. The lowest BCUT2D eigenvalue weighted by Gasteiger charge is -2.15. The van der Waals surface area contributed by atoms with Crippen LogP contribution in [0.5, 0.6) is 0 Å². The number of aldehydes is 1. The average Bonchev–Trinajstić information content (AvgIpc) is 3.24. The summed E-state index contributed by atoms with van der Waals surface area (Å²) in [4.78, 5) is 43.6. The predicted molar refractivity (Wildman–Crippen MR) is 144 cm³/mol. The Labute approximate surface area is 216 Å². The van der Waals surface area contributed by atoms with Gasteiger partial charge in [-0.3, -0.25) is 4.79 Å². The molecule has 4 rings (SSSR count). The first-order valence-electron chi connectivity index (χ1n) is 12.7. The number of unbranched alkanes of at least 4 members (excludes halogenated alkanes) is 2. The zero-order chi connectivity index (χ0) is 26.2. The molecule has 190 valence electrons. The quantitative estimate of drug-likeness (QED) is 0.277. The molecule has 7 nitrogen and oxygen atoms in total. The number of rotatable bonds is 11. The molecule has 0 bridgehead atoms. The van der Waals surface area contributed by atoms with Crippen molar-refractivity contribution >= 4 is 30.0 Å². The molecule has 37 heavy (non-hydrogen) atoms. The number of amides is 1. The second-order valence-electron chi connectivity index (χ2n) is 9.16. The number of carbonyl (C=O) groups excluding carboxylic acids is 2.